The predicted octanol–water partition coefficient (Wildman–Crippen LogP) is 2.83. The van der Waals surface area contributed by atoms with E-state index in [2.05, 4.69) is 10.2 Å². The summed E-state index contributed by atoms with van der Waals surface area (Å²) in [5.74, 6) is -0.115. The Kier molecular flexibility index (Phi) is 4.06. The van der Waals surface area contributed by atoms with Gasteiger partial charge in [0.1, 0.15) is 0 Å². The maximum Gasteiger partial charge on any atom is 0.328 e. The van der Waals surface area contributed by atoms with E-state index in [4.69, 9.17) is 23.2 Å². The van der Waals surface area contributed by atoms with Crippen LogP contribution in [0.15, 0.2) is 18.2 Å². The molecule has 112 valence electrons. The van der Waals surface area contributed by atoms with E-state index in [-0.39, 0.29) is 11.9 Å². The first-order chi connectivity index (χ1) is 10.1. The average molecular weight is 328 g/mol. The summed E-state index contributed by atoms with van der Waals surface area (Å²) in [6.07, 6.45) is 1.84. The van der Waals surface area contributed by atoms with Crippen LogP contribution in [-0.4, -0.2) is 47.4 Å². The lowest BCUT2D eigenvalue weighted by atomic mass is 10.1. The largest absolute Gasteiger partial charge is 0.328 e. The maximum absolute atomic E-state index is 12.3. The van der Waals surface area contributed by atoms with Crippen LogP contribution in [0.5, 0.6) is 0 Å². The van der Waals surface area contributed by atoms with Crippen LogP contribution in [0.25, 0.3) is 0 Å². The summed E-state index contributed by atoms with van der Waals surface area (Å²) in [4.78, 5) is 28.0. The van der Waals surface area contributed by atoms with Crippen LogP contribution in [0, 0.1) is 0 Å². The van der Waals surface area contributed by atoms with Crippen molar-refractivity contribution in [3.8, 4) is 0 Å². The van der Waals surface area contributed by atoms with Gasteiger partial charge in [0.05, 0.1) is 16.1 Å². The lowest BCUT2D eigenvalue weighted by molar-refractivity contribution is -0.136. The number of piperazine rings is 1. The van der Waals surface area contributed by atoms with E-state index in [1.165, 1.54) is 4.90 Å². The number of hydrogen-bond donors (Lipinski definition) is 1. The fraction of sp³-hybridized carbons (Fsp3) is 0.429. The second-order valence-corrected chi connectivity index (χ2v) is 6.06. The lowest BCUT2D eigenvalue weighted by Crippen LogP contribution is -2.57. The molecule has 0 bridgehead atoms. The molecule has 2 aliphatic rings. The SMILES string of the molecule is O=C(Nc1ccc(Cl)c(Cl)c1)N1CCN2CCCC2C1=O. The standard InChI is InChI=1S/C14H15Cl2N3O2/c15-10-4-3-9(8-11(10)16)17-14(21)19-7-6-18-5-1-2-12(18)13(19)20/h3-4,8,12H,1-2,5-7H2,(H,17,21). The molecule has 1 atom stereocenters. The molecular formula is C14H15Cl2N3O2. The molecule has 0 spiro atoms. The summed E-state index contributed by atoms with van der Waals surface area (Å²) in [5, 5.41) is 3.48. The Morgan fingerprint density at radius 2 is 2.00 bits per heavy atom. The van der Waals surface area contributed by atoms with Crippen LogP contribution in [-0.2, 0) is 4.79 Å². The fourth-order valence-corrected chi connectivity index (χ4v) is 3.16. The van der Waals surface area contributed by atoms with Gasteiger partial charge in [-0.05, 0) is 37.6 Å². The maximum atomic E-state index is 12.3. The van der Waals surface area contributed by atoms with Crippen molar-refractivity contribution >= 4 is 40.8 Å². The van der Waals surface area contributed by atoms with Gasteiger partial charge in [-0.2, -0.15) is 0 Å². The van der Waals surface area contributed by atoms with Crippen molar-refractivity contribution in [2.24, 2.45) is 0 Å². The number of nitrogens with zero attached hydrogens (tertiary/aromatic N) is 2. The normalized spacial score (nSPS) is 22.3. The van der Waals surface area contributed by atoms with E-state index in [1.54, 1.807) is 18.2 Å². The lowest BCUT2D eigenvalue weighted by Gasteiger charge is -2.35. The van der Waals surface area contributed by atoms with Gasteiger partial charge in [-0.1, -0.05) is 23.2 Å². The Bertz CT molecular complexity index is 594. The van der Waals surface area contributed by atoms with Crippen LogP contribution >= 0.6 is 23.2 Å². The smallest absolute Gasteiger partial charge is 0.307 e. The first-order valence-corrected chi connectivity index (χ1v) is 7.63. The molecule has 1 aromatic carbocycles. The monoisotopic (exact) mass is 327 g/mol. The van der Waals surface area contributed by atoms with Gasteiger partial charge in [-0.25, -0.2) is 4.79 Å². The molecule has 3 rings (SSSR count). The van der Waals surface area contributed by atoms with Gasteiger partial charge in [0.2, 0.25) is 5.91 Å². The van der Waals surface area contributed by atoms with Crippen LogP contribution in [0.2, 0.25) is 10.0 Å². The van der Waals surface area contributed by atoms with Crippen molar-refractivity contribution in [1.29, 1.82) is 0 Å². The van der Waals surface area contributed by atoms with Crippen LogP contribution in [0.4, 0.5) is 10.5 Å². The number of rotatable bonds is 1. The topological polar surface area (TPSA) is 52.7 Å². The van der Waals surface area contributed by atoms with E-state index in [0.717, 1.165) is 25.9 Å². The number of benzene rings is 1. The molecule has 0 radical (unpaired) electrons. The van der Waals surface area contributed by atoms with Gasteiger partial charge in [-0.15, -0.1) is 0 Å². The number of fused-ring (bicyclic) bond motifs is 1. The molecule has 7 heteroatoms. The molecule has 0 aromatic heterocycles. The first-order valence-electron chi connectivity index (χ1n) is 6.88. The van der Waals surface area contributed by atoms with Crippen molar-refractivity contribution in [2.45, 2.75) is 18.9 Å². The molecule has 2 heterocycles. The molecule has 5 nitrogen and oxygen atoms in total. The van der Waals surface area contributed by atoms with Crippen LogP contribution < -0.4 is 5.32 Å². The van der Waals surface area contributed by atoms with Gasteiger partial charge < -0.3 is 5.32 Å². The van der Waals surface area contributed by atoms with E-state index in [9.17, 15) is 9.59 Å². The third kappa shape index (κ3) is 2.86. The molecule has 2 aliphatic heterocycles. The summed E-state index contributed by atoms with van der Waals surface area (Å²) in [6.45, 7) is 2.10. The van der Waals surface area contributed by atoms with Gasteiger partial charge >= 0.3 is 6.03 Å². The minimum absolute atomic E-state index is 0.115. The Labute approximate surface area is 132 Å². The minimum atomic E-state index is -0.412. The summed E-state index contributed by atoms with van der Waals surface area (Å²) < 4.78 is 0. The van der Waals surface area contributed by atoms with E-state index in [0.29, 0.717) is 22.3 Å². The number of amides is 3. The fourth-order valence-electron chi connectivity index (χ4n) is 2.86. The Morgan fingerprint density at radius 3 is 2.76 bits per heavy atom. The minimum Gasteiger partial charge on any atom is -0.307 e. The highest BCUT2D eigenvalue weighted by Crippen LogP contribution is 2.26. The number of imide groups is 1. The molecule has 2 saturated heterocycles. The summed E-state index contributed by atoms with van der Waals surface area (Å²) in [7, 11) is 0. The van der Waals surface area contributed by atoms with Gasteiger partial charge in [0.15, 0.2) is 0 Å². The quantitative estimate of drug-likeness (QED) is 0.862. The van der Waals surface area contributed by atoms with Crippen molar-refractivity contribution in [3.63, 3.8) is 0 Å². The highest BCUT2D eigenvalue weighted by Gasteiger charge is 2.39. The highest BCUT2D eigenvalue weighted by molar-refractivity contribution is 6.42. The zero-order chi connectivity index (χ0) is 15.0. The van der Waals surface area contributed by atoms with Crippen LogP contribution in [0.3, 0.4) is 0 Å². The van der Waals surface area contributed by atoms with Gasteiger partial charge in [0, 0.05) is 18.8 Å². The zero-order valence-electron chi connectivity index (χ0n) is 11.3. The number of anilines is 1. The second-order valence-electron chi connectivity index (χ2n) is 5.24. The predicted molar refractivity (Wildman–Crippen MR) is 81.8 cm³/mol. The molecule has 0 saturated carbocycles. The summed E-state index contributed by atoms with van der Waals surface area (Å²) in [5.41, 5.74) is 0.524. The zero-order valence-corrected chi connectivity index (χ0v) is 12.8. The number of nitrogens with one attached hydrogen (secondary N) is 1. The van der Waals surface area contributed by atoms with Crippen molar-refractivity contribution < 1.29 is 9.59 Å². The van der Waals surface area contributed by atoms with E-state index < -0.39 is 6.03 Å². The second kappa shape index (κ2) is 5.83. The van der Waals surface area contributed by atoms with Crippen LogP contribution in [0.1, 0.15) is 12.8 Å². The van der Waals surface area contributed by atoms with E-state index >= 15 is 0 Å². The third-order valence-electron chi connectivity index (χ3n) is 3.94. The van der Waals surface area contributed by atoms with Gasteiger partial charge in [-0.3, -0.25) is 14.6 Å². The van der Waals surface area contributed by atoms with E-state index in [1.807, 2.05) is 0 Å². The molecule has 1 aromatic rings. The summed E-state index contributed by atoms with van der Waals surface area (Å²) >= 11 is 11.7. The molecule has 3 amide bonds. The number of carbonyl (C=O) groups excluding carboxylic acids is 2. The number of halogens is 2. The average Bonchev–Trinajstić information content (AvgIpc) is 2.92. The van der Waals surface area contributed by atoms with Crippen molar-refractivity contribution in [2.75, 3.05) is 25.0 Å². The van der Waals surface area contributed by atoms with Crippen molar-refractivity contribution in [3.05, 3.63) is 28.2 Å². The molecule has 1 unspecified atom stereocenters. The molecule has 1 N–H and O–H groups in total. The Hall–Kier alpha value is -1.30. The summed E-state index contributed by atoms with van der Waals surface area (Å²) in [6, 6.07) is 4.28. The Morgan fingerprint density at radius 1 is 1.19 bits per heavy atom. The third-order valence-corrected chi connectivity index (χ3v) is 4.68. The first kappa shape index (κ1) is 14.6. The number of hydrogen-bond acceptors (Lipinski definition) is 3. The van der Waals surface area contributed by atoms with Gasteiger partial charge in [0.25, 0.3) is 0 Å². The molecule has 21 heavy (non-hydrogen) atoms. The number of urea groups is 1. The highest BCUT2D eigenvalue weighted by atomic mass is 35.5. The molecular weight excluding hydrogens is 313 g/mol. The van der Waals surface area contributed by atoms with Crippen molar-refractivity contribution in [1.82, 2.24) is 9.80 Å². The molecule has 2 fully saturated rings. The Balaban J connectivity index is 1.70. The molecule has 0 aliphatic carbocycles. The number of carbonyl (C=O) groups is 2.